The molecule has 1 aliphatic heterocycles. The number of rotatable bonds is 13. The number of carboxylic acids is 1. The lowest BCUT2D eigenvalue weighted by Gasteiger charge is -2.30. The number of tetrazole rings is 1. The Balaban J connectivity index is 1.68. The van der Waals surface area contributed by atoms with Crippen molar-refractivity contribution in [2.45, 2.75) is 89.9 Å². The van der Waals surface area contributed by atoms with Crippen molar-refractivity contribution < 1.29 is 33.9 Å². The van der Waals surface area contributed by atoms with Crippen molar-refractivity contribution in [3.63, 3.8) is 0 Å². The van der Waals surface area contributed by atoms with Gasteiger partial charge in [-0.05, 0) is 18.8 Å². The summed E-state index contributed by atoms with van der Waals surface area (Å²) >= 11 is 0. The molecule has 220 valence electrons. The summed E-state index contributed by atoms with van der Waals surface area (Å²) in [6.45, 7) is 2.95. The van der Waals surface area contributed by atoms with Gasteiger partial charge >= 0.3 is 12.0 Å². The van der Waals surface area contributed by atoms with Gasteiger partial charge in [-0.3, -0.25) is 24.0 Å². The minimum Gasteiger partial charge on any atom is -0.481 e. The van der Waals surface area contributed by atoms with Crippen LogP contribution in [0.3, 0.4) is 0 Å². The van der Waals surface area contributed by atoms with E-state index in [0.717, 1.165) is 37.0 Å². The van der Waals surface area contributed by atoms with Crippen LogP contribution in [0.1, 0.15) is 71.0 Å². The molecule has 40 heavy (non-hydrogen) atoms. The molecule has 0 spiro atoms. The zero-order chi connectivity index (χ0) is 29.2. The van der Waals surface area contributed by atoms with Crippen LogP contribution in [0.15, 0.2) is 0 Å². The molecule has 0 radical (unpaired) electrons. The van der Waals surface area contributed by atoms with Crippen LogP contribution >= 0.6 is 0 Å². The normalized spacial score (nSPS) is 19.1. The predicted molar refractivity (Wildman–Crippen MR) is 137 cm³/mol. The minimum absolute atomic E-state index is 0.0242. The number of carbonyl (C=O) groups excluding carboxylic acids is 5. The average molecular weight is 564 g/mol. The maximum absolute atomic E-state index is 13.4. The van der Waals surface area contributed by atoms with Gasteiger partial charge in [0.1, 0.15) is 12.1 Å². The molecule has 0 aromatic carbocycles. The number of aromatic nitrogens is 4. The fourth-order valence-electron chi connectivity index (χ4n) is 4.86. The molecule has 3 rings (SSSR count). The molecule has 16 nitrogen and oxygen atoms in total. The standard InChI is InChI=1S/C24H37N9O7/c1-3-14(2)21(27-18(34)9-10-20(36)37)23(39)26-12-19(35)33-16(22(38)25-11-17-28-30-31-29-17)13-32(24(33)40)15-7-5-4-6-8-15/h14-16,21H,3-13H2,1-2H3,(H,25,38)(H,26,39)(H,27,34)(H,36,37)(H,28,29,30,31)/t14-,16-,21-/m0/s1. The topological polar surface area (TPSA) is 220 Å². The Hall–Kier alpha value is -4.11. The van der Waals surface area contributed by atoms with E-state index < -0.39 is 54.3 Å². The Kier molecular flexibility index (Phi) is 10.9. The van der Waals surface area contributed by atoms with Crippen LogP contribution in [-0.2, 0) is 30.5 Å². The van der Waals surface area contributed by atoms with E-state index in [1.165, 1.54) is 0 Å². The molecule has 5 N–H and O–H groups in total. The molecular formula is C24H37N9O7. The van der Waals surface area contributed by atoms with Crippen LogP contribution in [-0.4, -0.2) is 102 Å². The number of imide groups is 1. The zero-order valence-electron chi connectivity index (χ0n) is 22.7. The first kappa shape index (κ1) is 30.4. The Morgan fingerprint density at radius 1 is 1.10 bits per heavy atom. The molecule has 2 fully saturated rings. The van der Waals surface area contributed by atoms with Crippen LogP contribution in [0, 0.1) is 5.92 Å². The summed E-state index contributed by atoms with van der Waals surface area (Å²) in [5.41, 5.74) is 0. The van der Waals surface area contributed by atoms with Crippen LogP contribution in [0.2, 0.25) is 0 Å². The van der Waals surface area contributed by atoms with Crippen molar-refractivity contribution in [2.24, 2.45) is 5.92 Å². The first-order valence-electron chi connectivity index (χ1n) is 13.5. The van der Waals surface area contributed by atoms with Gasteiger partial charge in [0.15, 0.2) is 5.82 Å². The largest absolute Gasteiger partial charge is 0.481 e. The molecule has 0 bridgehead atoms. The first-order chi connectivity index (χ1) is 19.1. The predicted octanol–water partition coefficient (Wildman–Crippen LogP) is -0.707. The van der Waals surface area contributed by atoms with E-state index in [1.54, 1.807) is 11.8 Å². The third kappa shape index (κ3) is 7.95. The zero-order valence-corrected chi connectivity index (χ0v) is 22.7. The summed E-state index contributed by atoms with van der Waals surface area (Å²) in [5.74, 6) is -3.82. The van der Waals surface area contributed by atoms with Crippen molar-refractivity contribution in [1.29, 1.82) is 0 Å². The second-order valence-corrected chi connectivity index (χ2v) is 10.1. The van der Waals surface area contributed by atoms with Gasteiger partial charge in [-0.1, -0.05) is 44.7 Å². The number of aromatic amines is 1. The van der Waals surface area contributed by atoms with Crippen molar-refractivity contribution in [2.75, 3.05) is 13.1 Å². The third-order valence-corrected chi connectivity index (χ3v) is 7.32. The van der Waals surface area contributed by atoms with Gasteiger partial charge in [-0.2, -0.15) is 5.21 Å². The van der Waals surface area contributed by atoms with E-state index >= 15 is 0 Å². The molecule has 16 heteroatoms. The van der Waals surface area contributed by atoms with Gasteiger partial charge < -0.3 is 26.0 Å². The lowest BCUT2D eigenvalue weighted by molar-refractivity contribution is -0.139. The first-order valence-corrected chi connectivity index (χ1v) is 13.5. The lowest BCUT2D eigenvalue weighted by atomic mass is 9.94. The third-order valence-electron chi connectivity index (χ3n) is 7.32. The van der Waals surface area contributed by atoms with E-state index in [-0.39, 0.29) is 43.7 Å². The highest BCUT2D eigenvalue weighted by atomic mass is 16.4. The Labute approximate surface area is 231 Å². The molecule has 2 aliphatic rings. The van der Waals surface area contributed by atoms with Crippen molar-refractivity contribution in [3.05, 3.63) is 5.82 Å². The van der Waals surface area contributed by atoms with E-state index in [9.17, 15) is 28.8 Å². The monoisotopic (exact) mass is 563 g/mol. The van der Waals surface area contributed by atoms with Crippen LogP contribution < -0.4 is 16.0 Å². The van der Waals surface area contributed by atoms with Crippen LogP contribution in [0.4, 0.5) is 4.79 Å². The highest BCUT2D eigenvalue weighted by Gasteiger charge is 2.47. The number of urea groups is 1. The number of nitrogens with zero attached hydrogens (tertiary/aromatic N) is 5. The maximum Gasteiger partial charge on any atom is 0.327 e. The highest BCUT2D eigenvalue weighted by Crippen LogP contribution is 2.28. The molecule has 1 saturated carbocycles. The van der Waals surface area contributed by atoms with Gasteiger partial charge in [0, 0.05) is 12.5 Å². The summed E-state index contributed by atoms with van der Waals surface area (Å²) in [7, 11) is 0. The van der Waals surface area contributed by atoms with Crippen molar-refractivity contribution in [3.8, 4) is 0 Å². The SMILES string of the molecule is CC[C@H](C)[C@H](NC(=O)CCC(=O)O)C(=O)NCC(=O)N1C(=O)N(C2CCCCC2)C[C@H]1C(=O)NCc1nn[nH]n1. The van der Waals surface area contributed by atoms with Gasteiger partial charge in [-0.25, -0.2) is 9.69 Å². The second-order valence-electron chi connectivity index (χ2n) is 10.1. The van der Waals surface area contributed by atoms with Gasteiger partial charge in [0.05, 0.1) is 26.1 Å². The summed E-state index contributed by atoms with van der Waals surface area (Å²) in [4.78, 5) is 78.1. The molecule has 0 unspecified atom stereocenters. The van der Waals surface area contributed by atoms with E-state index in [0.29, 0.717) is 6.42 Å². The molecular weight excluding hydrogens is 526 g/mol. The fourth-order valence-corrected chi connectivity index (χ4v) is 4.86. The number of amides is 6. The van der Waals surface area contributed by atoms with Crippen LogP contribution in [0.5, 0.6) is 0 Å². The van der Waals surface area contributed by atoms with Gasteiger partial charge in [0.25, 0.3) is 5.91 Å². The lowest BCUT2D eigenvalue weighted by Crippen LogP contribution is -2.54. The number of carboxylic acid groups (broad SMARTS) is 1. The maximum atomic E-state index is 13.4. The van der Waals surface area contributed by atoms with Gasteiger partial charge in [-0.15, -0.1) is 10.2 Å². The quantitative estimate of drug-likeness (QED) is 0.203. The number of hydrogen-bond donors (Lipinski definition) is 5. The summed E-state index contributed by atoms with van der Waals surface area (Å²) in [6.07, 6.45) is 4.35. The number of aliphatic carboxylic acids is 1. The Bertz CT molecular complexity index is 1070. The fraction of sp³-hybridized carbons (Fsp3) is 0.708. The number of carbonyl (C=O) groups is 6. The molecule has 1 aliphatic carbocycles. The minimum atomic E-state index is -1.14. The summed E-state index contributed by atoms with van der Waals surface area (Å²) in [5, 5.41) is 29.7. The molecule has 2 heterocycles. The van der Waals surface area contributed by atoms with E-state index in [2.05, 4.69) is 36.6 Å². The number of nitrogens with one attached hydrogen (secondary N) is 4. The number of H-pyrrole nitrogens is 1. The van der Waals surface area contributed by atoms with Crippen molar-refractivity contribution in [1.82, 2.24) is 46.4 Å². The second kappa shape index (κ2) is 14.3. The van der Waals surface area contributed by atoms with E-state index in [4.69, 9.17) is 5.11 Å². The average Bonchev–Trinajstić information content (AvgIpc) is 3.60. The highest BCUT2D eigenvalue weighted by molar-refractivity contribution is 6.04. The smallest absolute Gasteiger partial charge is 0.327 e. The number of hydrogen-bond acceptors (Lipinski definition) is 9. The van der Waals surface area contributed by atoms with E-state index in [1.807, 2.05) is 6.92 Å². The summed E-state index contributed by atoms with van der Waals surface area (Å²) in [6, 6.07) is -2.81. The molecule has 3 atom stereocenters. The summed E-state index contributed by atoms with van der Waals surface area (Å²) < 4.78 is 0. The molecule has 1 aromatic heterocycles. The molecule has 1 aromatic rings. The van der Waals surface area contributed by atoms with Crippen molar-refractivity contribution >= 4 is 35.6 Å². The van der Waals surface area contributed by atoms with Gasteiger partial charge in [0.2, 0.25) is 17.7 Å². The molecule has 6 amide bonds. The molecule has 1 saturated heterocycles. The van der Waals surface area contributed by atoms with Crippen LogP contribution in [0.25, 0.3) is 0 Å². The Morgan fingerprint density at radius 3 is 2.45 bits per heavy atom. The Morgan fingerprint density at radius 2 is 1.82 bits per heavy atom.